The van der Waals surface area contributed by atoms with E-state index in [1.54, 1.807) is 6.20 Å². The van der Waals surface area contributed by atoms with E-state index in [-0.39, 0.29) is 12.6 Å². The highest BCUT2D eigenvalue weighted by molar-refractivity contribution is 14.1. The Kier molecular flexibility index (Phi) is 4.37. The molecule has 0 radical (unpaired) electrons. The summed E-state index contributed by atoms with van der Waals surface area (Å²) in [5.74, 6) is 0. The molecule has 0 saturated carbocycles. The molecule has 0 amide bonds. The normalized spacial score (nSPS) is 12.9. The number of pyridine rings is 1. The van der Waals surface area contributed by atoms with E-state index in [9.17, 15) is 0 Å². The van der Waals surface area contributed by atoms with Crippen molar-refractivity contribution in [2.24, 2.45) is 5.73 Å². The minimum atomic E-state index is -0.238. The maximum atomic E-state index is 8.73. The molecule has 0 aliphatic carbocycles. The summed E-state index contributed by atoms with van der Waals surface area (Å²) >= 11 is 8.04. The number of halogens is 2. The molecule has 1 aromatic rings. The van der Waals surface area contributed by atoms with Gasteiger partial charge in [-0.2, -0.15) is 0 Å². The van der Waals surface area contributed by atoms with Gasteiger partial charge in [-0.3, -0.25) is 0 Å². The molecule has 1 heterocycles. The van der Waals surface area contributed by atoms with Gasteiger partial charge in [0.25, 0.3) is 0 Å². The van der Waals surface area contributed by atoms with E-state index in [0.717, 1.165) is 9.13 Å². The van der Waals surface area contributed by atoms with Gasteiger partial charge in [0.15, 0.2) is 0 Å². The van der Waals surface area contributed by atoms with Crippen molar-refractivity contribution < 1.29 is 5.11 Å². The summed E-state index contributed by atoms with van der Waals surface area (Å²) in [6, 6.07) is 1.61. The largest absolute Gasteiger partial charge is 0.396 e. The molecule has 5 heteroatoms. The number of hydrogen-bond acceptors (Lipinski definition) is 3. The Balaban J connectivity index is 2.98. The van der Waals surface area contributed by atoms with Gasteiger partial charge in [0, 0.05) is 28.0 Å². The third-order valence-electron chi connectivity index (χ3n) is 1.70. The highest BCUT2D eigenvalue weighted by Crippen LogP contribution is 2.26. The van der Waals surface area contributed by atoms with Gasteiger partial charge in [-0.25, -0.2) is 4.98 Å². The van der Waals surface area contributed by atoms with E-state index in [4.69, 9.17) is 22.4 Å². The lowest BCUT2D eigenvalue weighted by molar-refractivity contribution is 0.276. The van der Waals surface area contributed by atoms with E-state index >= 15 is 0 Å². The highest BCUT2D eigenvalue weighted by Gasteiger charge is 2.13. The third-order valence-corrected chi connectivity index (χ3v) is 2.94. The molecule has 13 heavy (non-hydrogen) atoms. The Morgan fingerprint density at radius 2 is 2.38 bits per heavy atom. The number of hydrogen-bond donors (Lipinski definition) is 2. The molecule has 72 valence electrons. The van der Waals surface area contributed by atoms with Gasteiger partial charge < -0.3 is 10.8 Å². The van der Waals surface area contributed by atoms with Crippen LogP contribution in [0, 0.1) is 3.57 Å². The molecule has 1 aromatic heterocycles. The van der Waals surface area contributed by atoms with E-state index < -0.39 is 0 Å². The quantitative estimate of drug-likeness (QED) is 0.660. The van der Waals surface area contributed by atoms with Gasteiger partial charge in [0.1, 0.15) is 5.15 Å². The standard InChI is InChI=1S/C8H10ClIN2O/c9-8-7(6(11)2-4-13)5(10)1-3-12-8/h1,3,6,13H,2,4,11H2/t6-/m1/s1. The molecule has 3 nitrogen and oxygen atoms in total. The Morgan fingerprint density at radius 1 is 1.69 bits per heavy atom. The number of rotatable bonds is 3. The molecule has 0 aliphatic heterocycles. The Labute approximate surface area is 95.4 Å². The minimum absolute atomic E-state index is 0.0580. The van der Waals surface area contributed by atoms with E-state index in [1.165, 1.54) is 0 Å². The first-order valence-electron chi connectivity index (χ1n) is 3.83. The second-order valence-corrected chi connectivity index (χ2v) is 4.14. The molecule has 0 aliphatic rings. The number of aliphatic hydroxyl groups excluding tert-OH is 1. The number of nitrogens with two attached hydrogens (primary N) is 1. The fourth-order valence-corrected chi connectivity index (χ4v) is 2.31. The summed E-state index contributed by atoms with van der Waals surface area (Å²) in [5.41, 5.74) is 6.64. The summed E-state index contributed by atoms with van der Waals surface area (Å²) in [5, 5.41) is 9.16. The van der Waals surface area contributed by atoms with E-state index in [1.807, 2.05) is 6.07 Å². The van der Waals surface area contributed by atoms with E-state index in [0.29, 0.717) is 11.6 Å². The second kappa shape index (κ2) is 5.09. The summed E-state index contributed by atoms with van der Waals surface area (Å²) in [4.78, 5) is 3.94. The Hall–Kier alpha value is 0.0900. The van der Waals surface area contributed by atoms with Crippen LogP contribution in [0.5, 0.6) is 0 Å². The van der Waals surface area contributed by atoms with Crippen molar-refractivity contribution in [3.8, 4) is 0 Å². The molecule has 0 fully saturated rings. The molecule has 0 bridgehead atoms. The Bertz CT molecular complexity index is 275. The summed E-state index contributed by atoms with van der Waals surface area (Å²) < 4.78 is 0.985. The van der Waals surface area contributed by atoms with Crippen LogP contribution in [0.2, 0.25) is 5.15 Å². The first kappa shape index (κ1) is 11.2. The van der Waals surface area contributed by atoms with Gasteiger partial charge >= 0.3 is 0 Å². The van der Waals surface area contributed by atoms with Crippen molar-refractivity contribution in [2.45, 2.75) is 12.5 Å². The lowest BCUT2D eigenvalue weighted by Gasteiger charge is -2.13. The van der Waals surface area contributed by atoms with Crippen LogP contribution in [-0.2, 0) is 0 Å². The first-order chi connectivity index (χ1) is 6.16. The highest BCUT2D eigenvalue weighted by atomic mass is 127. The maximum Gasteiger partial charge on any atom is 0.134 e. The molecule has 3 N–H and O–H groups in total. The van der Waals surface area contributed by atoms with Crippen LogP contribution in [0.25, 0.3) is 0 Å². The summed E-state index contributed by atoms with van der Waals surface area (Å²) in [7, 11) is 0. The topological polar surface area (TPSA) is 59.1 Å². The van der Waals surface area contributed by atoms with Crippen LogP contribution < -0.4 is 5.73 Å². The molecule has 0 aromatic carbocycles. The number of aromatic nitrogens is 1. The van der Waals surface area contributed by atoms with E-state index in [2.05, 4.69) is 27.6 Å². The second-order valence-electron chi connectivity index (χ2n) is 2.62. The van der Waals surface area contributed by atoms with Crippen LogP contribution in [0.4, 0.5) is 0 Å². The smallest absolute Gasteiger partial charge is 0.134 e. The van der Waals surface area contributed by atoms with Crippen molar-refractivity contribution in [2.75, 3.05) is 6.61 Å². The van der Waals surface area contributed by atoms with Gasteiger partial charge in [0.05, 0.1) is 0 Å². The van der Waals surface area contributed by atoms with Gasteiger partial charge in [0.2, 0.25) is 0 Å². The zero-order valence-corrected chi connectivity index (χ0v) is 9.79. The molecule has 0 saturated heterocycles. The fraction of sp³-hybridized carbons (Fsp3) is 0.375. The predicted molar refractivity (Wildman–Crippen MR) is 60.6 cm³/mol. The van der Waals surface area contributed by atoms with Crippen LogP contribution in [0.15, 0.2) is 12.3 Å². The van der Waals surface area contributed by atoms with Crippen LogP contribution in [0.1, 0.15) is 18.0 Å². The molecular formula is C8H10ClIN2O. The van der Waals surface area contributed by atoms with Crippen LogP contribution >= 0.6 is 34.2 Å². The maximum absolute atomic E-state index is 8.73. The monoisotopic (exact) mass is 312 g/mol. The molecular weight excluding hydrogens is 302 g/mol. The lowest BCUT2D eigenvalue weighted by atomic mass is 10.1. The first-order valence-corrected chi connectivity index (χ1v) is 5.28. The summed E-state index contributed by atoms with van der Waals surface area (Å²) in [6.07, 6.45) is 2.14. The zero-order chi connectivity index (χ0) is 9.84. The van der Waals surface area contributed by atoms with Gasteiger partial charge in [-0.1, -0.05) is 11.6 Å². The van der Waals surface area contributed by atoms with Crippen molar-refractivity contribution in [1.29, 1.82) is 0 Å². The average molecular weight is 313 g/mol. The van der Waals surface area contributed by atoms with Crippen molar-refractivity contribution in [3.63, 3.8) is 0 Å². The predicted octanol–water partition coefficient (Wildman–Crippen LogP) is 1.72. The van der Waals surface area contributed by atoms with Crippen molar-refractivity contribution in [1.82, 2.24) is 4.98 Å². The molecule has 1 rings (SSSR count). The lowest BCUT2D eigenvalue weighted by Crippen LogP contribution is -2.14. The Morgan fingerprint density at radius 3 is 2.92 bits per heavy atom. The average Bonchev–Trinajstić information content (AvgIpc) is 2.04. The zero-order valence-electron chi connectivity index (χ0n) is 6.87. The van der Waals surface area contributed by atoms with Gasteiger partial charge in [-0.05, 0) is 35.1 Å². The van der Waals surface area contributed by atoms with Crippen LogP contribution in [0.3, 0.4) is 0 Å². The fourth-order valence-electron chi connectivity index (χ4n) is 1.04. The SMILES string of the molecule is N[C@H](CCO)c1c(I)ccnc1Cl. The molecule has 0 unspecified atom stereocenters. The number of nitrogens with zero attached hydrogens (tertiary/aromatic N) is 1. The van der Waals surface area contributed by atoms with Crippen molar-refractivity contribution >= 4 is 34.2 Å². The van der Waals surface area contributed by atoms with Gasteiger partial charge in [-0.15, -0.1) is 0 Å². The summed E-state index contributed by atoms with van der Waals surface area (Å²) in [6.45, 7) is 0.0580. The third kappa shape index (κ3) is 2.77. The molecule has 1 atom stereocenters. The molecule has 0 spiro atoms. The van der Waals surface area contributed by atoms with Crippen molar-refractivity contribution in [3.05, 3.63) is 26.5 Å². The van der Waals surface area contributed by atoms with Crippen LogP contribution in [-0.4, -0.2) is 16.7 Å². The number of aliphatic hydroxyl groups is 1. The minimum Gasteiger partial charge on any atom is -0.396 e.